The highest BCUT2D eigenvalue weighted by Gasteiger charge is 2.17. The molecule has 5 heteroatoms. The minimum absolute atomic E-state index is 0.0214. The summed E-state index contributed by atoms with van der Waals surface area (Å²) in [6, 6.07) is 7.72. The van der Waals surface area contributed by atoms with E-state index in [-0.39, 0.29) is 22.0 Å². The van der Waals surface area contributed by atoms with Gasteiger partial charge in [-0.1, -0.05) is 18.2 Å². The molecule has 0 heterocycles. The molecule has 0 bridgehead atoms. The largest absolute Gasteiger partial charge is 0.388 e. The molecule has 0 aliphatic rings. The Labute approximate surface area is 116 Å². The van der Waals surface area contributed by atoms with Crippen LogP contribution in [-0.2, 0) is 6.42 Å². The lowest BCUT2D eigenvalue weighted by Gasteiger charge is -2.13. The number of hydrogen-bond acceptors (Lipinski definition) is 1. The Bertz CT molecular complexity index is 601. The Morgan fingerprint density at radius 3 is 2.37 bits per heavy atom. The molecule has 1 atom stereocenters. The summed E-state index contributed by atoms with van der Waals surface area (Å²) in [5.74, 6) is -1.90. The summed E-state index contributed by atoms with van der Waals surface area (Å²) < 4.78 is 40.4. The van der Waals surface area contributed by atoms with Gasteiger partial charge in [-0.3, -0.25) is 0 Å². The van der Waals surface area contributed by atoms with Gasteiger partial charge in [0.2, 0.25) is 0 Å². The van der Waals surface area contributed by atoms with Gasteiger partial charge >= 0.3 is 0 Å². The highest BCUT2D eigenvalue weighted by molar-refractivity contribution is 9.10. The van der Waals surface area contributed by atoms with Crippen LogP contribution in [0.25, 0.3) is 0 Å². The summed E-state index contributed by atoms with van der Waals surface area (Å²) >= 11 is 2.85. The summed E-state index contributed by atoms with van der Waals surface area (Å²) in [5, 5.41) is 9.91. The fourth-order valence-electron chi connectivity index (χ4n) is 1.78. The van der Waals surface area contributed by atoms with Crippen LogP contribution in [0.2, 0.25) is 0 Å². The van der Waals surface area contributed by atoms with Gasteiger partial charge in [0.25, 0.3) is 0 Å². The summed E-state index contributed by atoms with van der Waals surface area (Å²) in [6.45, 7) is 0. The van der Waals surface area contributed by atoms with Crippen LogP contribution in [0.1, 0.15) is 17.2 Å². The van der Waals surface area contributed by atoms with E-state index in [1.807, 2.05) is 0 Å². The lowest BCUT2D eigenvalue weighted by molar-refractivity contribution is 0.171. The van der Waals surface area contributed by atoms with Crippen molar-refractivity contribution in [2.45, 2.75) is 12.5 Å². The average molecular weight is 331 g/mol. The first kappa shape index (κ1) is 14.1. The van der Waals surface area contributed by atoms with Gasteiger partial charge in [-0.2, -0.15) is 0 Å². The van der Waals surface area contributed by atoms with Crippen molar-refractivity contribution in [3.05, 3.63) is 69.4 Å². The van der Waals surface area contributed by atoms with Crippen LogP contribution in [0.3, 0.4) is 0 Å². The highest BCUT2D eigenvalue weighted by Crippen LogP contribution is 2.26. The van der Waals surface area contributed by atoms with E-state index >= 15 is 0 Å². The van der Waals surface area contributed by atoms with Gasteiger partial charge in [0, 0.05) is 12.0 Å². The van der Waals surface area contributed by atoms with Gasteiger partial charge in [0.15, 0.2) is 0 Å². The monoisotopic (exact) mass is 330 g/mol. The SMILES string of the molecule is OC(Cc1ccccc1F)c1cc(F)c(Br)cc1F. The Balaban J connectivity index is 2.28. The molecule has 1 N–H and O–H groups in total. The van der Waals surface area contributed by atoms with Crippen molar-refractivity contribution >= 4 is 15.9 Å². The summed E-state index contributed by atoms with van der Waals surface area (Å²) in [4.78, 5) is 0. The molecule has 0 saturated heterocycles. The van der Waals surface area contributed by atoms with Crippen LogP contribution in [-0.4, -0.2) is 5.11 Å². The van der Waals surface area contributed by atoms with E-state index in [9.17, 15) is 18.3 Å². The molecule has 0 radical (unpaired) electrons. The second-order valence-electron chi connectivity index (χ2n) is 4.10. The van der Waals surface area contributed by atoms with E-state index in [0.29, 0.717) is 0 Å². The van der Waals surface area contributed by atoms with E-state index in [0.717, 1.165) is 12.1 Å². The third kappa shape index (κ3) is 3.16. The fraction of sp³-hybridized carbons (Fsp3) is 0.143. The van der Waals surface area contributed by atoms with Crippen molar-refractivity contribution in [1.82, 2.24) is 0 Å². The first-order valence-corrected chi connectivity index (χ1v) is 6.34. The first-order valence-electron chi connectivity index (χ1n) is 5.55. The summed E-state index contributed by atoms with van der Waals surface area (Å²) in [6.07, 6.45) is -1.43. The molecule has 0 aromatic heterocycles. The maximum Gasteiger partial charge on any atom is 0.137 e. The van der Waals surface area contributed by atoms with Crippen LogP contribution < -0.4 is 0 Å². The minimum atomic E-state index is -1.31. The average Bonchev–Trinajstić information content (AvgIpc) is 2.36. The lowest BCUT2D eigenvalue weighted by Crippen LogP contribution is -2.06. The Morgan fingerprint density at radius 2 is 1.68 bits per heavy atom. The zero-order valence-corrected chi connectivity index (χ0v) is 11.3. The second-order valence-corrected chi connectivity index (χ2v) is 4.95. The van der Waals surface area contributed by atoms with Crippen molar-refractivity contribution in [3.63, 3.8) is 0 Å². The quantitative estimate of drug-likeness (QED) is 0.838. The predicted molar refractivity (Wildman–Crippen MR) is 69.1 cm³/mol. The van der Waals surface area contributed by atoms with Crippen molar-refractivity contribution in [3.8, 4) is 0 Å². The Morgan fingerprint density at radius 1 is 1.00 bits per heavy atom. The number of hydrogen-bond donors (Lipinski definition) is 1. The molecular weight excluding hydrogens is 321 g/mol. The molecule has 2 aromatic carbocycles. The summed E-state index contributed by atoms with van der Waals surface area (Å²) in [5.41, 5.74) is 0.0571. The van der Waals surface area contributed by atoms with Crippen molar-refractivity contribution in [1.29, 1.82) is 0 Å². The van der Waals surface area contributed by atoms with Crippen molar-refractivity contribution < 1.29 is 18.3 Å². The third-order valence-electron chi connectivity index (χ3n) is 2.77. The van der Waals surface area contributed by atoms with Crippen molar-refractivity contribution in [2.75, 3.05) is 0 Å². The van der Waals surface area contributed by atoms with E-state index in [2.05, 4.69) is 15.9 Å². The van der Waals surface area contributed by atoms with E-state index in [4.69, 9.17) is 0 Å². The molecule has 100 valence electrons. The van der Waals surface area contributed by atoms with E-state index in [1.54, 1.807) is 6.07 Å². The van der Waals surface area contributed by atoms with Crippen LogP contribution in [0.15, 0.2) is 40.9 Å². The molecule has 1 nitrogen and oxygen atoms in total. The molecule has 19 heavy (non-hydrogen) atoms. The highest BCUT2D eigenvalue weighted by atomic mass is 79.9. The molecule has 2 aromatic rings. The molecule has 0 spiro atoms. The van der Waals surface area contributed by atoms with Gasteiger partial charge in [-0.15, -0.1) is 0 Å². The first-order chi connectivity index (χ1) is 8.99. The standard InChI is InChI=1S/C14H10BrF3O/c15-10-7-12(17)9(6-13(10)18)14(19)5-8-3-1-2-4-11(8)16/h1-4,6-7,14,19H,5H2. The number of benzene rings is 2. The molecule has 0 aliphatic carbocycles. The molecule has 0 saturated carbocycles. The molecule has 2 rings (SSSR count). The molecule has 0 fully saturated rings. The van der Waals surface area contributed by atoms with Crippen LogP contribution >= 0.6 is 15.9 Å². The summed E-state index contributed by atoms with van der Waals surface area (Å²) in [7, 11) is 0. The molecule has 0 amide bonds. The van der Waals surface area contributed by atoms with Gasteiger partial charge < -0.3 is 5.11 Å². The van der Waals surface area contributed by atoms with Crippen LogP contribution in [0, 0.1) is 17.5 Å². The number of rotatable bonds is 3. The van der Waals surface area contributed by atoms with Gasteiger partial charge in [0.1, 0.15) is 17.5 Å². The zero-order valence-electron chi connectivity index (χ0n) is 9.71. The van der Waals surface area contributed by atoms with Gasteiger partial charge in [-0.05, 0) is 39.7 Å². The molecule has 0 aliphatic heterocycles. The van der Waals surface area contributed by atoms with Crippen LogP contribution in [0.5, 0.6) is 0 Å². The topological polar surface area (TPSA) is 20.2 Å². The maximum atomic E-state index is 13.6. The van der Waals surface area contributed by atoms with Gasteiger partial charge in [-0.25, -0.2) is 13.2 Å². The normalized spacial score (nSPS) is 12.5. The zero-order chi connectivity index (χ0) is 14.0. The van der Waals surface area contributed by atoms with Crippen LogP contribution in [0.4, 0.5) is 13.2 Å². The Hall–Kier alpha value is -1.33. The number of aliphatic hydroxyl groups excluding tert-OH is 1. The van der Waals surface area contributed by atoms with Crippen molar-refractivity contribution in [2.24, 2.45) is 0 Å². The fourth-order valence-corrected chi connectivity index (χ4v) is 2.09. The maximum absolute atomic E-state index is 13.6. The lowest BCUT2D eigenvalue weighted by atomic mass is 10.0. The minimum Gasteiger partial charge on any atom is -0.388 e. The second kappa shape index (κ2) is 5.75. The van der Waals surface area contributed by atoms with E-state index in [1.165, 1.54) is 18.2 Å². The number of aliphatic hydroxyl groups is 1. The van der Waals surface area contributed by atoms with Gasteiger partial charge in [0.05, 0.1) is 10.6 Å². The van der Waals surface area contributed by atoms with E-state index < -0.39 is 23.6 Å². The number of halogens is 4. The predicted octanol–water partition coefficient (Wildman–Crippen LogP) is 4.14. The smallest absolute Gasteiger partial charge is 0.137 e. The third-order valence-corrected chi connectivity index (χ3v) is 3.38. The molecular formula is C14H10BrF3O. The molecule has 1 unspecified atom stereocenters. The Kier molecular flexibility index (Phi) is 4.27.